The van der Waals surface area contributed by atoms with Gasteiger partial charge < -0.3 is 14.8 Å². The molecule has 4 nitrogen and oxygen atoms in total. The molecule has 0 aliphatic heterocycles. The van der Waals surface area contributed by atoms with Crippen molar-refractivity contribution < 1.29 is 14.8 Å². The maximum Gasteiger partial charge on any atom is 0.490 e. The molecule has 0 saturated carbocycles. The molecule has 2 rings (SSSR count). The normalized spacial score (nSPS) is 10.3. The van der Waals surface area contributed by atoms with E-state index in [1.54, 1.807) is 18.2 Å². The number of nitrogens with zero attached hydrogens (tertiary/aromatic N) is 1. The zero-order chi connectivity index (χ0) is 13.8. The monoisotopic (exact) mass is 297 g/mol. The molecule has 0 atom stereocenters. The van der Waals surface area contributed by atoms with Gasteiger partial charge in [-0.05, 0) is 18.2 Å². The van der Waals surface area contributed by atoms with E-state index in [4.69, 9.17) is 38.0 Å². The molecular formula is C12H10BCl2NO3. The Morgan fingerprint density at radius 2 is 1.95 bits per heavy atom. The van der Waals surface area contributed by atoms with Crippen molar-refractivity contribution in [1.82, 2.24) is 4.98 Å². The Kier molecular flexibility index (Phi) is 4.66. The van der Waals surface area contributed by atoms with E-state index in [0.717, 1.165) is 5.56 Å². The van der Waals surface area contributed by atoms with E-state index in [1.165, 1.54) is 18.5 Å². The van der Waals surface area contributed by atoms with E-state index in [1.807, 2.05) is 0 Å². The summed E-state index contributed by atoms with van der Waals surface area (Å²) in [5, 5.41) is 19.1. The van der Waals surface area contributed by atoms with E-state index in [-0.39, 0.29) is 12.1 Å². The van der Waals surface area contributed by atoms with Gasteiger partial charge in [-0.2, -0.15) is 0 Å². The number of pyridine rings is 1. The van der Waals surface area contributed by atoms with Crippen molar-refractivity contribution in [2.45, 2.75) is 6.61 Å². The summed E-state index contributed by atoms with van der Waals surface area (Å²) in [5.74, 6) is 0.427. The predicted octanol–water partition coefficient (Wildman–Crippen LogP) is 1.65. The summed E-state index contributed by atoms with van der Waals surface area (Å²) in [6, 6.07) is 6.62. The predicted molar refractivity (Wildman–Crippen MR) is 74.9 cm³/mol. The van der Waals surface area contributed by atoms with Gasteiger partial charge >= 0.3 is 7.12 Å². The smallest absolute Gasteiger partial charge is 0.487 e. The molecule has 98 valence electrons. The van der Waals surface area contributed by atoms with Crippen LogP contribution in [0.2, 0.25) is 10.0 Å². The molecule has 0 aliphatic rings. The van der Waals surface area contributed by atoms with Gasteiger partial charge in [-0.3, -0.25) is 4.98 Å². The van der Waals surface area contributed by atoms with Crippen LogP contribution in [0.25, 0.3) is 0 Å². The number of rotatable bonds is 4. The molecule has 1 aromatic carbocycles. The summed E-state index contributed by atoms with van der Waals surface area (Å²) in [7, 11) is -1.57. The fourth-order valence-corrected chi connectivity index (χ4v) is 1.92. The molecular weight excluding hydrogens is 288 g/mol. The lowest BCUT2D eigenvalue weighted by atomic mass is 9.82. The van der Waals surface area contributed by atoms with Crippen LogP contribution in [0, 0.1) is 0 Å². The van der Waals surface area contributed by atoms with Crippen LogP contribution in [-0.4, -0.2) is 22.2 Å². The Hall–Kier alpha value is -1.27. The third-order valence-corrected chi connectivity index (χ3v) is 3.03. The highest BCUT2D eigenvalue weighted by molar-refractivity contribution is 6.58. The Labute approximate surface area is 120 Å². The van der Waals surface area contributed by atoms with Gasteiger partial charge in [0, 0.05) is 27.3 Å². The van der Waals surface area contributed by atoms with Crippen LogP contribution in [0.5, 0.6) is 5.75 Å². The first-order valence-corrected chi connectivity index (χ1v) is 6.19. The first kappa shape index (κ1) is 14.2. The van der Waals surface area contributed by atoms with Crippen molar-refractivity contribution in [3.05, 3.63) is 52.3 Å². The average molecular weight is 298 g/mol. The summed E-state index contributed by atoms with van der Waals surface area (Å²) in [6.07, 6.45) is 2.84. The molecule has 0 saturated heterocycles. The maximum absolute atomic E-state index is 9.03. The second kappa shape index (κ2) is 6.26. The second-order valence-electron chi connectivity index (χ2n) is 3.85. The lowest BCUT2D eigenvalue weighted by molar-refractivity contribution is 0.305. The van der Waals surface area contributed by atoms with Crippen molar-refractivity contribution in [1.29, 1.82) is 0 Å². The molecule has 0 radical (unpaired) electrons. The van der Waals surface area contributed by atoms with Gasteiger partial charge in [0.1, 0.15) is 12.4 Å². The summed E-state index contributed by atoms with van der Waals surface area (Å²) >= 11 is 11.8. The quantitative estimate of drug-likeness (QED) is 0.843. The third-order valence-electron chi connectivity index (χ3n) is 2.44. The number of ether oxygens (including phenoxy) is 1. The molecule has 0 amide bonds. The van der Waals surface area contributed by atoms with Gasteiger partial charge in [-0.1, -0.05) is 29.3 Å². The van der Waals surface area contributed by atoms with Crippen LogP contribution in [0.15, 0.2) is 36.7 Å². The molecule has 0 spiro atoms. The van der Waals surface area contributed by atoms with Crippen LogP contribution in [0.3, 0.4) is 0 Å². The van der Waals surface area contributed by atoms with Crippen molar-refractivity contribution in [2.24, 2.45) is 0 Å². The molecule has 7 heteroatoms. The highest BCUT2D eigenvalue weighted by atomic mass is 35.5. The number of aromatic nitrogens is 1. The first-order chi connectivity index (χ1) is 9.06. The number of halogens is 2. The Bertz CT molecular complexity index is 581. The Morgan fingerprint density at radius 3 is 2.63 bits per heavy atom. The summed E-state index contributed by atoms with van der Waals surface area (Å²) in [4.78, 5) is 3.86. The highest BCUT2D eigenvalue weighted by Gasteiger charge is 2.12. The fraction of sp³-hybridized carbons (Fsp3) is 0.0833. The molecule has 1 heterocycles. The van der Waals surface area contributed by atoms with Crippen molar-refractivity contribution in [3.63, 3.8) is 0 Å². The SMILES string of the molecule is OB(O)c1cncc(OCc2ccc(Cl)cc2Cl)c1. The number of hydrogen-bond donors (Lipinski definition) is 2. The highest BCUT2D eigenvalue weighted by Crippen LogP contribution is 2.22. The molecule has 0 bridgehead atoms. The zero-order valence-corrected chi connectivity index (χ0v) is 11.3. The maximum atomic E-state index is 9.03. The van der Waals surface area contributed by atoms with Gasteiger partial charge in [0.15, 0.2) is 0 Å². The van der Waals surface area contributed by atoms with E-state index in [9.17, 15) is 0 Å². The van der Waals surface area contributed by atoms with Crippen molar-refractivity contribution in [3.8, 4) is 5.75 Å². The van der Waals surface area contributed by atoms with Gasteiger partial charge in [0.2, 0.25) is 0 Å². The van der Waals surface area contributed by atoms with Gasteiger partial charge in [-0.25, -0.2) is 0 Å². The molecule has 0 aliphatic carbocycles. The molecule has 0 unspecified atom stereocenters. The van der Waals surface area contributed by atoms with Gasteiger partial charge in [0.25, 0.3) is 0 Å². The molecule has 2 N–H and O–H groups in total. The van der Waals surface area contributed by atoms with Crippen LogP contribution in [-0.2, 0) is 6.61 Å². The largest absolute Gasteiger partial charge is 0.490 e. The Morgan fingerprint density at radius 1 is 1.16 bits per heavy atom. The molecule has 1 aromatic heterocycles. The number of hydrogen-bond acceptors (Lipinski definition) is 4. The minimum atomic E-state index is -1.57. The summed E-state index contributed by atoms with van der Waals surface area (Å²) in [6.45, 7) is 0.239. The third kappa shape index (κ3) is 3.85. The van der Waals surface area contributed by atoms with Crippen LogP contribution in [0.1, 0.15) is 5.56 Å². The minimum Gasteiger partial charge on any atom is -0.487 e. The number of benzene rings is 1. The zero-order valence-electron chi connectivity index (χ0n) is 9.75. The average Bonchev–Trinajstić information content (AvgIpc) is 2.38. The molecule has 19 heavy (non-hydrogen) atoms. The fourth-order valence-electron chi connectivity index (χ4n) is 1.46. The van der Waals surface area contributed by atoms with E-state index < -0.39 is 7.12 Å². The van der Waals surface area contributed by atoms with Crippen LogP contribution >= 0.6 is 23.2 Å². The minimum absolute atomic E-state index is 0.239. The van der Waals surface area contributed by atoms with Crippen molar-refractivity contribution in [2.75, 3.05) is 0 Å². The Balaban J connectivity index is 2.08. The molecule has 2 aromatic rings. The topological polar surface area (TPSA) is 62.6 Å². The van der Waals surface area contributed by atoms with Crippen LogP contribution < -0.4 is 10.2 Å². The van der Waals surface area contributed by atoms with Crippen molar-refractivity contribution >= 4 is 35.8 Å². The lowest BCUT2D eigenvalue weighted by Gasteiger charge is -2.09. The van der Waals surface area contributed by atoms with E-state index >= 15 is 0 Å². The summed E-state index contributed by atoms with van der Waals surface area (Å²) < 4.78 is 5.49. The van der Waals surface area contributed by atoms with Crippen LogP contribution in [0.4, 0.5) is 0 Å². The second-order valence-corrected chi connectivity index (χ2v) is 4.70. The standard InChI is InChI=1S/C12H10BCl2NO3/c14-10-2-1-8(12(15)4-10)7-19-11-3-9(13(17)18)5-16-6-11/h1-6,17-18H,7H2. The van der Waals surface area contributed by atoms with E-state index in [2.05, 4.69) is 4.98 Å². The summed E-state index contributed by atoms with van der Waals surface area (Å²) in [5.41, 5.74) is 1.04. The van der Waals surface area contributed by atoms with Gasteiger partial charge in [-0.15, -0.1) is 0 Å². The lowest BCUT2D eigenvalue weighted by Crippen LogP contribution is -2.30. The van der Waals surface area contributed by atoms with Gasteiger partial charge in [0.05, 0.1) is 6.20 Å². The molecule has 0 fully saturated rings. The van der Waals surface area contributed by atoms with E-state index in [0.29, 0.717) is 15.8 Å². The first-order valence-electron chi connectivity index (χ1n) is 5.44.